The second-order valence-corrected chi connectivity index (χ2v) is 9.03. The van der Waals surface area contributed by atoms with Crippen LogP contribution in [0.4, 0.5) is 5.69 Å². The summed E-state index contributed by atoms with van der Waals surface area (Å²) in [6, 6.07) is 11.4. The molecule has 4 aromatic rings. The lowest BCUT2D eigenvalue weighted by atomic mass is 10.1. The van der Waals surface area contributed by atoms with E-state index in [1.54, 1.807) is 7.05 Å². The van der Waals surface area contributed by atoms with E-state index in [0.717, 1.165) is 27.6 Å². The van der Waals surface area contributed by atoms with Gasteiger partial charge in [0.25, 0.3) is 5.56 Å². The van der Waals surface area contributed by atoms with E-state index < -0.39 is 11.2 Å². The molecule has 0 unspecified atom stereocenters. The number of rotatable bonds is 6. The Bertz CT molecular complexity index is 1410. The zero-order chi connectivity index (χ0) is 22.8. The van der Waals surface area contributed by atoms with E-state index in [0.29, 0.717) is 16.5 Å². The Balaban J connectivity index is 1.69. The maximum Gasteiger partial charge on any atom is 0.332 e. The lowest BCUT2D eigenvalue weighted by Crippen LogP contribution is -2.37. The van der Waals surface area contributed by atoms with Crippen molar-refractivity contribution in [2.24, 2.45) is 14.1 Å². The molecule has 8 nitrogen and oxygen atoms in total. The SMILES string of the molecule is CCc1ccc(NC(=O)CSc2nc(-c3cccs3)nc3c2c(=O)n(C)c(=O)n3C)cc1. The molecule has 0 aliphatic carbocycles. The second-order valence-electron chi connectivity index (χ2n) is 7.12. The molecule has 0 radical (unpaired) electrons. The Morgan fingerprint density at radius 2 is 1.84 bits per heavy atom. The third kappa shape index (κ3) is 4.23. The van der Waals surface area contributed by atoms with Crippen molar-refractivity contribution in [2.75, 3.05) is 11.1 Å². The van der Waals surface area contributed by atoms with Crippen LogP contribution in [0.15, 0.2) is 56.4 Å². The molecule has 32 heavy (non-hydrogen) atoms. The third-order valence-electron chi connectivity index (χ3n) is 4.99. The lowest BCUT2D eigenvalue weighted by molar-refractivity contribution is -0.113. The average Bonchev–Trinajstić information content (AvgIpc) is 3.35. The molecule has 0 spiro atoms. The zero-order valence-electron chi connectivity index (χ0n) is 17.8. The molecular formula is C22H21N5O3S2. The fraction of sp³-hybridized carbons (Fsp3) is 0.227. The zero-order valence-corrected chi connectivity index (χ0v) is 19.4. The van der Waals surface area contributed by atoms with Crippen molar-refractivity contribution in [1.29, 1.82) is 0 Å². The van der Waals surface area contributed by atoms with E-state index in [9.17, 15) is 14.4 Å². The van der Waals surface area contributed by atoms with Gasteiger partial charge in [0.1, 0.15) is 10.4 Å². The molecule has 3 aromatic heterocycles. The molecule has 0 fully saturated rings. The number of hydrogen-bond donors (Lipinski definition) is 1. The first-order valence-corrected chi connectivity index (χ1v) is 11.8. The molecule has 0 aliphatic rings. The average molecular weight is 468 g/mol. The summed E-state index contributed by atoms with van der Waals surface area (Å²) in [5.74, 6) is 0.247. The van der Waals surface area contributed by atoms with Gasteiger partial charge in [-0.05, 0) is 35.6 Å². The van der Waals surface area contributed by atoms with Crippen molar-refractivity contribution < 1.29 is 4.79 Å². The minimum Gasteiger partial charge on any atom is -0.325 e. The smallest absolute Gasteiger partial charge is 0.325 e. The number of fused-ring (bicyclic) bond motifs is 1. The first-order valence-electron chi connectivity index (χ1n) is 9.92. The van der Waals surface area contributed by atoms with Gasteiger partial charge in [0.15, 0.2) is 11.5 Å². The number of thiophene rings is 1. The summed E-state index contributed by atoms with van der Waals surface area (Å²) in [5.41, 5.74) is 1.18. The van der Waals surface area contributed by atoms with E-state index >= 15 is 0 Å². The van der Waals surface area contributed by atoms with Gasteiger partial charge >= 0.3 is 5.69 Å². The number of thioether (sulfide) groups is 1. The number of benzene rings is 1. The molecule has 0 saturated carbocycles. The van der Waals surface area contributed by atoms with Crippen LogP contribution in [0.25, 0.3) is 21.7 Å². The van der Waals surface area contributed by atoms with Gasteiger partial charge in [-0.2, -0.15) is 0 Å². The highest BCUT2D eigenvalue weighted by atomic mass is 32.2. The van der Waals surface area contributed by atoms with Gasteiger partial charge in [0.2, 0.25) is 5.91 Å². The van der Waals surface area contributed by atoms with Crippen molar-refractivity contribution in [3.05, 3.63) is 68.2 Å². The molecule has 0 bridgehead atoms. The molecule has 10 heteroatoms. The van der Waals surface area contributed by atoms with Crippen LogP contribution in [-0.2, 0) is 25.3 Å². The Morgan fingerprint density at radius 1 is 1.09 bits per heavy atom. The molecule has 0 aliphatic heterocycles. The number of nitrogens with one attached hydrogen (secondary N) is 1. The first kappa shape index (κ1) is 22.0. The van der Waals surface area contributed by atoms with Crippen LogP contribution in [0.1, 0.15) is 12.5 Å². The Labute approximate surface area is 192 Å². The summed E-state index contributed by atoms with van der Waals surface area (Å²) in [4.78, 5) is 47.7. The summed E-state index contributed by atoms with van der Waals surface area (Å²) in [6.07, 6.45) is 0.925. The largest absolute Gasteiger partial charge is 0.332 e. The van der Waals surface area contributed by atoms with Crippen LogP contribution in [0.3, 0.4) is 0 Å². The van der Waals surface area contributed by atoms with Gasteiger partial charge in [-0.15, -0.1) is 11.3 Å². The predicted octanol–water partition coefficient (Wildman–Crippen LogP) is 3.05. The molecular weight excluding hydrogens is 446 g/mol. The number of aromatic nitrogens is 4. The third-order valence-corrected chi connectivity index (χ3v) is 6.84. The number of anilines is 1. The van der Waals surface area contributed by atoms with Gasteiger partial charge in [0, 0.05) is 19.8 Å². The van der Waals surface area contributed by atoms with E-state index in [2.05, 4.69) is 22.2 Å². The fourth-order valence-corrected chi connectivity index (χ4v) is 4.68. The topological polar surface area (TPSA) is 98.9 Å². The Kier molecular flexibility index (Phi) is 6.24. The molecule has 1 N–H and O–H groups in total. The van der Waals surface area contributed by atoms with E-state index in [4.69, 9.17) is 0 Å². The predicted molar refractivity (Wildman–Crippen MR) is 129 cm³/mol. The molecule has 164 valence electrons. The van der Waals surface area contributed by atoms with Crippen LogP contribution in [0, 0.1) is 0 Å². The summed E-state index contributed by atoms with van der Waals surface area (Å²) in [6.45, 7) is 2.07. The summed E-state index contributed by atoms with van der Waals surface area (Å²) in [5, 5.41) is 5.35. The van der Waals surface area contributed by atoms with Crippen molar-refractivity contribution in [3.8, 4) is 10.7 Å². The maximum absolute atomic E-state index is 12.9. The van der Waals surface area contributed by atoms with Crippen molar-refractivity contribution in [2.45, 2.75) is 18.4 Å². The summed E-state index contributed by atoms with van der Waals surface area (Å²) >= 11 is 2.60. The number of nitrogens with zero attached hydrogens (tertiary/aromatic N) is 4. The standard InChI is InChI=1S/C22H21N5O3S2/c1-4-13-7-9-14(10-8-13)23-16(28)12-32-20-17-19(26(2)22(30)27(3)21(17)29)24-18(25-20)15-6-5-11-31-15/h5-11H,4,12H2,1-3H3,(H,23,28). The van der Waals surface area contributed by atoms with Gasteiger partial charge < -0.3 is 5.32 Å². The van der Waals surface area contributed by atoms with Gasteiger partial charge in [-0.3, -0.25) is 18.7 Å². The highest BCUT2D eigenvalue weighted by Gasteiger charge is 2.19. The fourth-order valence-electron chi connectivity index (χ4n) is 3.20. The number of amides is 1. The van der Waals surface area contributed by atoms with Crippen LogP contribution >= 0.6 is 23.1 Å². The second kappa shape index (κ2) is 9.09. The van der Waals surface area contributed by atoms with E-state index in [1.807, 2.05) is 41.8 Å². The molecule has 1 amide bonds. The number of aryl methyl sites for hydroxylation is 2. The summed E-state index contributed by atoms with van der Waals surface area (Å²) in [7, 11) is 2.98. The number of carbonyl (C=O) groups excluding carboxylic acids is 1. The van der Waals surface area contributed by atoms with Crippen molar-refractivity contribution in [3.63, 3.8) is 0 Å². The quantitative estimate of drug-likeness (QED) is 0.346. The molecule has 1 aromatic carbocycles. The van der Waals surface area contributed by atoms with Crippen LogP contribution in [-0.4, -0.2) is 30.8 Å². The number of carbonyl (C=O) groups is 1. The first-order chi connectivity index (χ1) is 15.4. The van der Waals surface area contributed by atoms with Gasteiger partial charge in [-0.1, -0.05) is 36.9 Å². The minimum atomic E-state index is -0.487. The van der Waals surface area contributed by atoms with Crippen LogP contribution in [0.5, 0.6) is 0 Å². The highest BCUT2D eigenvalue weighted by Crippen LogP contribution is 2.28. The molecule has 0 atom stereocenters. The summed E-state index contributed by atoms with van der Waals surface area (Å²) < 4.78 is 2.35. The molecule has 4 rings (SSSR count). The minimum absolute atomic E-state index is 0.0531. The molecule has 3 heterocycles. The Hall–Kier alpha value is -3.24. The van der Waals surface area contributed by atoms with Gasteiger partial charge in [-0.25, -0.2) is 14.8 Å². The van der Waals surface area contributed by atoms with E-state index in [1.165, 1.54) is 28.5 Å². The van der Waals surface area contributed by atoms with Crippen molar-refractivity contribution in [1.82, 2.24) is 19.1 Å². The van der Waals surface area contributed by atoms with Crippen LogP contribution < -0.4 is 16.6 Å². The molecule has 0 saturated heterocycles. The lowest BCUT2D eigenvalue weighted by Gasteiger charge is -2.11. The maximum atomic E-state index is 12.9. The highest BCUT2D eigenvalue weighted by molar-refractivity contribution is 8.00. The van der Waals surface area contributed by atoms with Crippen LogP contribution in [0.2, 0.25) is 0 Å². The van der Waals surface area contributed by atoms with Crippen molar-refractivity contribution >= 4 is 45.7 Å². The Morgan fingerprint density at radius 3 is 2.50 bits per heavy atom. The number of hydrogen-bond acceptors (Lipinski definition) is 7. The normalized spacial score (nSPS) is 11.1. The monoisotopic (exact) mass is 467 g/mol. The van der Waals surface area contributed by atoms with Gasteiger partial charge in [0.05, 0.1) is 10.6 Å². The van der Waals surface area contributed by atoms with E-state index in [-0.39, 0.29) is 22.7 Å².